The van der Waals surface area contributed by atoms with Gasteiger partial charge in [0.15, 0.2) is 0 Å². The lowest BCUT2D eigenvalue weighted by molar-refractivity contribution is 0.0931. The first-order chi connectivity index (χ1) is 9.69. The third-order valence-electron chi connectivity index (χ3n) is 4.38. The van der Waals surface area contributed by atoms with Gasteiger partial charge in [0.2, 0.25) is 0 Å². The third kappa shape index (κ3) is 2.14. The maximum atomic E-state index is 12.4. The first kappa shape index (κ1) is 12.7. The minimum absolute atomic E-state index is 0.0400. The van der Waals surface area contributed by atoms with Crippen LogP contribution < -0.4 is 10.6 Å². The topological polar surface area (TPSA) is 41.1 Å². The Balaban J connectivity index is 1.54. The number of rotatable bonds is 2. The summed E-state index contributed by atoms with van der Waals surface area (Å²) in [6.45, 7) is 0. The highest BCUT2D eigenvalue weighted by Crippen LogP contribution is 2.30. The number of hydrogen-bond acceptors (Lipinski definition) is 4. The molecule has 1 amide bonds. The molecule has 3 nitrogen and oxygen atoms in total. The van der Waals surface area contributed by atoms with E-state index in [2.05, 4.69) is 23.3 Å². The number of amides is 1. The zero-order chi connectivity index (χ0) is 13.7. The first-order valence-electron chi connectivity index (χ1n) is 6.98. The van der Waals surface area contributed by atoms with E-state index in [9.17, 15) is 4.79 Å². The first-order valence-corrected chi connectivity index (χ1v) is 8.25. The molecule has 4 rings (SSSR count). The van der Waals surface area contributed by atoms with E-state index in [-0.39, 0.29) is 5.91 Å². The van der Waals surface area contributed by atoms with Gasteiger partial charge in [0.25, 0.3) is 5.91 Å². The number of thiophene rings is 1. The van der Waals surface area contributed by atoms with Crippen molar-refractivity contribution in [3.63, 3.8) is 0 Å². The Morgan fingerprint density at radius 1 is 1.35 bits per heavy atom. The van der Waals surface area contributed by atoms with Crippen LogP contribution >= 0.6 is 24.0 Å². The summed E-state index contributed by atoms with van der Waals surface area (Å²) >= 11 is 6.00. The second-order valence-corrected chi connectivity index (χ2v) is 7.57. The third-order valence-corrected chi connectivity index (χ3v) is 5.70. The van der Waals surface area contributed by atoms with Crippen LogP contribution in [0.15, 0.2) is 28.5 Å². The van der Waals surface area contributed by atoms with Gasteiger partial charge in [-0.25, -0.2) is 0 Å². The maximum Gasteiger partial charge on any atom is 0.251 e. The van der Waals surface area contributed by atoms with Crippen LogP contribution in [0.25, 0.3) is 10.1 Å². The van der Waals surface area contributed by atoms with E-state index in [1.807, 2.05) is 24.3 Å². The summed E-state index contributed by atoms with van der Waals surface area (Å²) in [5.41, 5.74) is 0.742. The second kappa shape index (κ2) is 4.76. The molecule has 0 saturated carbocycles. The fourth-order valence-corrected chi connectivity index (χ4v) is 4.62. The average molecular weight is 304 g/mol. The van der Waals surface area contributed by atoms with E-state index in [0.717, 1.165) is 21.6 Å². The smallest absolute Gasteiger partial charge is 0.251 e. The quantitative estimate of drug-likeness (QED) is 0.747. The summed E-state index contributed by atoms with van der Waals surface area (Å²) in [7, 11) is 0. The molecule has 2 fully saturated rings. The molecule has 2 aliphatic heterocycles. The molecular formula is C15H16N2OS2. The van der Waals surface area contributed by atoms with Crippen molar-refractivity contribution in [3.8, 4) is 0 Å². The zero-order valence-electron chi connectivity index (χ0n) is 10.9. The SMILES string of the molecule is O=C(N[C@@H]1C[C@H]2CC[C@@H]1N2)c1ccc2sc(S)cc2c1. The molecule has 104 valence electrons. The molecule has 3 atom stereocenters. The Morgan fingerprint density at radius 2 is 2.25 bits per heavy atom. The largest absolute Gasteiger partial charge is 0.348 e. The molecule has 2 N–H and O–H groups in total. The van der Waals surface area contributed by atoms with Gasteiger partial charge in [-0.15, -0.1) is 24.0 Å². The Hall–Kier alpha value is -1.04. The van der Waals surface area contributed by atoms with Gasteiger partial charge in [-0.1, -0.05) is 0 Å². The molecule has 2 bridgehead atoms. The summed E-state index contributed by atoms with van der Waals surface area (Å²) in [6, 6.07) is 9.25. The molecule has 1 aromatic carbocycles. The van der Waals surface area contributed by atoms with Crippen molar-refractivity contribution in [2.24, 2.45) is 0 Å². The number of carbonyl (C=O) groups excluding carboxylic acids is 1. The number of thiol groups is 1. The van der Waals surface area contributed by atoms with Crippen LogP contribution in [0.3, 0.4) is 0 Å². The molecule has 2 aromatic rings. The zero-order valence-corrected chi connectivity index (χ0v) is 12.6. The fourth-order valence-electron chi connectivity index (χ4n) is 3.41. The Bertz CT molecular complexity index is 682. The van der Waals surface area contributed by atoms with Crippen LogP contribution in [0.2, 0.25) is 0 Å². The second-order valence-electron chi connectivity index (χ2n) is 5.70. The van der Waals surface area contributed by atoms with Gasteiger partial charge in [-0.05, 0) is 48.9 Å². The van der Waals surface area contributed by atoms with Crippen molar-refractivity contribution >= 4 is 40.0 Å². The number of fused-ring (bicyclic) bond motifs is 3. The molecule has 0 unspecified atom stereocenters. The summed E-state index contributed by atoms with van der Waals surface area (Å²) in [5, 5.41) is 7.82. The van der Waals surface area contributed by atoms with Gasteiger partial charge in [-0.3, -0.25) is 4.79 Å². The Labute approximate surface area is 127 Å². The van der Waals surface area contributed by atoms with E-state index in [1.165, 1.54) is 17.5 Å². The van der Waals surface area contributed by atoms with E-state index < -0.39 is 0 Å². The number of carbonyl (C=O) groups is 1. The molecule has 0 radical (unpaired) electrons. The van der Waals surface area contributed by atoms with Gasteiger partial charge < -0.3 is 10.6 Å². The lowest BCUT2D eigenvalue weighted by atomic mass is 9.95. The normalized spacial score (nSPS) is 28.1. The molecule has 5 heteroatoms. The maximum absolute atomic E-state index is 12.4. The van der Waals surface area contributed by atoms with Crippen molar-refractivity contribution in [2.45, 2.75) is 41.6 Å². The molecule has 3 heterocycles. The van der Waals surface area contributed by atoms with Gasteiger partial charge in [-0.2, -0.15) is 0 Å². The van der Waals surface area contributed by atoms with E-state index >= 15 is 0 Å². The summed E-state index contributed by atoms with van der Waals surface area (Å²) in [5.74, 6) is 0.0400. The Kier molecular flexibility index (Phi) is 3.02. The average Bonchev–Trinajstić information content (AvgIpc) is 3.10. The van der Waals surface area contributed by atoms with Crippen LogP contribution in [0.5, 0.6) is 0 Å². The highest BCUT2D eigenvalue weighted by Gasteiger charge is 2.39. The highest BCUT2D eigenvalue weighted by molar-refractivity contribution is 7.83. The summed E-state index contributed by atoms with van der Waals surface area (Å²) in [4.78, 5) is 12.4. The lowest BCUT2D eigenvalue weighted by Gasteiger charge is -2.21. The lowest BCUT2D eigenvalue weighted by Crippen LogP contribution is -2.42. The molecule has 2 aliphatic rings. The molecule has 0 aliphatic carbocycles. The van der Waals surface area contributed by atoms with Crippen molar-refractivity contribution < 1.29 is 4.79 Å². The van der Waals surface area contributed by atoms with Crippen molar-refractivity contribution in [1.29, 1.82) is 0 Å². The molecule has 1 aromatic heterocycles. The Morgan fingerprint density at radius 3 is 3.00 bits per heavy atom. The van der Waals surface area contributed by atoms with Crippen molar-refractivity contribution in [3.05, 3.63) is 29.8 Å². The van der Waals surface area contributed by atoms with Crippen LogP contribution in [0.4, 0.5) is 0 Å². The molecular weight excluding hydrogens is 288 g/mol. The van der Waals surface area contributed by atoms with Gasteiger partial charge >= 0.3 is 0 Å². The predicted octanol–water partition coefficient (Wildman–Crippen LogP) is 2.81. The summed E-state index contributed by atoms with van der Waals surface area (Å²) < 4.78 is 2.16. The number of benzene rings is 1. The van der Waals surface area contributed by atoms with Crippen LogP contribution in [0, 0.1) is 0 Å². The summed E-state index contributed by atoms with van der Waals surface area (Å²) in [6.07, 6.45) is 3.50. The van der Waals surface area contributed by atoms with Crippen LogP contribution in [0.1, 0.15) is 29.6 Å². The fraction of sp³-hybridized carbons (Fsp3) is 0.400. The minimum Gasteiger partial charge on any atom is -0.348 e. The van der Waals surface area contributed by atoms with Gasteiger partial charge in [0.1, 0.15) is 0 Å². The van der Waals surface area contributed by atoms with E-state index in [4.69, 9.17) is 0 Å². The van der Waals surface area contributed by atoms with E-state index in [1.54, 1.807) is 11.3 Å². The highest BCUT2D eigenvalue weighted by atomic mass is 32.2. The van der Waals surface area contributed by atoms with Crippen LogP contribution in [-0.4, -0.2) is 24.0 Å². The number of hydrogen-bond donors (Lipinski definition) is 3. The molecule has 20 heavy (non-hydrogen) atoms. The molecule has 0 spiro atoms. The standard InChI is InChI=1S/C15H16N2OS2/c18-15(17-12-7-10-2-3-11(12)16-10)8-1-4-13-9(5-8)6-14(19)20-13/h1,4-6,10-12,16,19H,2-3,7H2,(H,17,18)/t10-,11+,12-/m1/s1. The van der Waals surface area contributed by atoms with E-state index in [0.29, 0.717) is 18.1 Å². The molecule has 2 saturated heterocycles. The monoisotopic (exact) mass is 304 g/mol. The van der Waals surface area contributed by atoms with Crippen molar-refractivity contribution in [1.82, 2.24) is 10.6 Å². The predicted molar refractivity (Wildman–Crippen MR) is 84.9 cm³/mol. The van der Waals surface area contributed by atoms with Gasteiger partial charge in [0, 0.05) is 28.4 Å². The van der Waals surface area contributed by atoms with Crippen LogP contribution in [-0.2, 0) is 0 Å². The van der Waals surface area contributed by atoms with Gasteiger partial charge in [0.05, 0.1) is 4.21 Å². The minimum atomic E-state index is 0.0400. The van der Waals surface area contributed by atoms with Crippen molar-refractivity contribution in [2.75, 3.05) is 0 Å². The number of nitrogens with one attached hydrogen (secondary N) is 2.